The van der Waals surface area contributed by atoms with Crippen LogP contribution in [0.5, 0.6) is 5.75 Å². The average molecular weight is 296 g/mol. The number of rotatable bonds is 9. The van der Waals surface area contributed by atoms with Crippen molar-refractivity contribution in [3.8, 4) is 5.75 Å². The van der Waals surface area contributed by atoms with Crippen LogP contribution in [0.25, 0.3) is 0 Å². The van der Waals surface area contributed by atoms with Gasteiger partial charge in [-0.3, -0.25) is 4.79 Å². The molecule has 21 heavy (non-hydrogen) atoms. The summed E-state index contributed by atoms with van der Waals surface area (Å²) in [4.78, 5) is 14.3. The highest BCUT2D eigenvalue weighted by atomic mass is 16.5. The highest BCUT2D eigenvalue weighted by molar-refractivity contribution is 6.00. The first kappa shape index (κ1) is 17.3. The lowest BCUT2D eigenvalue weighted by molar-refractivity contribution is 0.0675. The minimum atomic E-state index is -0.125. The van der Waals surface area contributed by atoms with E-state index in [4.69, 9.17) is 19.9 Å². The van der Waals surface area contributed by atoms with Gasteiger partial charge in [-0.05, 0) is 18.6 Å². The molecule has 0 unspecified atom stereocenters. The molecule has 0 heterocycles. The van der Waals surface area contributed by atoms with Crippen LogP contribution in [-0.4, -0.2) is 58.4 Å². The van der Waals surface area contributed by atoms with Gasteiger partial charge in [0, 0.05) is 33.9 Å². The van der Waals surface area contributed by atoms with Crippen LogP contribution in [0.3, 0.4) is 0 Å². The molecule has 0 radical (unpaired) electrons. The number of nitrogens with zero attached hydrogens (tertiary/aromatic N) is 1. The zero-order chi connectivity index (χ0) is 15.7. The fourth-order valence-electron chi connectivity index (χ4n) is 1.99. The van der Waals surface area contributed by atoms with Gasteiger partial charge in [-0.2, -0.15) is 0 Å². The molecule has 1 rings (SSSR count). The van der Waals surface area contributed by atoms with Crippen LogP contribution in [0.4, 0.5) is 5.69 Å². The zero-order valence-electron chi connectivity index (χ0n) is 12.9. The first-order chi connectivity index (χ1) is 10.2. The molecule has 1 amide bonds. The standard InChI is InChI=1S/C15H24N2O4/c1-19-10-5-8-17(9-11-20-2)15(18)12-6-4-7-13(21-3)14(12)16/h4,6-7H,5,8-11,16H2,1-3H3. The minimum absolute atomic E-state index is 0.125. The molecule has 6 heteroatoms. The lowest BCUT2D eigenvalue weighted by Gasteiger charge is -2.23. The monoisotopic (exact) mass is 296 g/mol. The van der Waals surface area contributed by atoms with E-state index in [0.29, 0.717) is 43.3 Å². The highest BCUT2D eigenvalue weighted by Crippen LogP contribution is 2.25. The SMILES string of the molecule is COCCCN(CCOC)C(=O)c1cccc(OC)c1N. The summed E-state index contributed by atoms with van der Waals surface area (Å²) in [5, 5.41) is 0. The smallest absolute Gasteiger partial charge is 0.256 e. The minimum Gasteiger partial charge on any atom is -0.495 e. The number of para-hydroxylation sites is 1. The summed E-state index contributed by atoms with van der Waals surface area (Å²) in [6.07, 6.45) is 0.760. The molecule has 2 N–H and O–H groups in total. The van der Waals surface area contributed by atoms with Crippen molar-refractivity contribution in [3.63, 3.8) is 0 Å². The Morgan fingerprint density at radius 1 is 1.14 bits per heavy atom. The highest BCUT2D eigenvalue weighted by Gasteiger charge is 2.19. The second-order valence-corrected chi connectivity index (χ2v) is 4.55. The van der Waals surface area contributed by atoms with E-state index >= 15 is 0 Å². The van der Waals surface area contributed by atoms with E-state index in [2.05, 4.69) is 0 Å². The van der Waals surface area contributed by atoms with Crippen molar-refractivity contribution in [2.45, 2.75) is 6.42 Å². The number of nitrogens with two attached hydrogens (primary N) is 1. The molecule has 0 aromatic heterocycles. The molecule has 0 saturated heterocycles. The molecule has 0 saturated carbocycles. The molecule has 0 spiro atoms. The predicted octanol–water partition coefficient (Wildman–Crippen LogP) is 1.40. The number of benzene rings is 1. The molecule has 6 nitrogen and oxygen atoms in total. The summed E-state index contributed by atoms with van der Waals surface area (Å²) >= 11 is 0. The molecule has 0 aliphatic heterocycles. The molecule has 1 aromatic carbocycles. The number of methoxy groups -OCH3 is 3. The van der Waals surface area contributed by atoms with Crippen molar-refractivity contribution >= 4 is 11.6 Å². The summed E-state index contributed by atoms with van der Waals surface area (Å²) in [5.74, 6) is 0.379. The first-order valence-corrected chi connectivity index (χ1v) is 6.85. The third-order valence-electron chi connectivity index (χ3n) is 3.15. The van der Waals surface area contributed by atoms with Crippen LogP contribution in [0.1, 0.15) is 16.8 Å². The van der Waals surface area contributed by atoms with Crippen molar-refractivity contribution in [2.75, 3.05) is 53.4 Å². The van der Waals surface area contributed by atoms with E-state index in [9.17, 15) is 4.79 Å². The van der Waals surface area contributed by atoms with Crippen molar-refractivity contribution in [3.05, 3.63) is 23.8 Å². The predicted molar refractivity (Wildman–Crippen MR) is 81.7 cm³/mol. The average Bonchev–Trinajstić information content (AvgIpc) is 2.50. The number of amides is 1. The second kappa shape index (κ2) is 9.20. The number of carbonyl (C=O) groups excluding carboxylic acids is 1. The molecule has 118 valence electrons. The van der Waals surface area contributed by atoms with Gasteiger partial charge in [0.2, 0.25) is 0 Å². The van der Waals surface area contributed by atoms with Gasteiger partial charge in [-0.1, -0.05) is 6.07 Å². The quantitative estimate of drug-likeness (QED) is 0.551. The zero-order valence-corrected chi connectivity index (χ0v) is 12.9. The Bertz CT molecular complexity index is 451. The fourth-order valence-corrected chi connectivity index (χ4v) is 1.99. The molecule has 1 aromatic rings. The summed E-state index contributed by atoms with van der Waals surface area (Å²) in [7, 11) is 4.78. The Hall–Kier alpha value is -1.79. The van der Waals surface area contributed by atoms with Gasteiger partial charge < -0.3 is 24.8 Å². The molecule has 0 atom stereocenters. The molecule has 0 fully saturated rings. The first-order valence-electron chi connectivity index (χ1n) is 6.85. The number of hydrogen-bond donors (Lipinski definition) is 1. The Labute approximate surface area is 125 Å². The third kappa shape index (κ3) is 4.91. The van der Waals surface area contributed by atoms with Gasteiger partial charge in [0.05, 0.1) is 25.0 Å². The number of hydrogen-bond acceptors (Lipinski definition) is 5. The van der Waals surface area contributed by atoms with Crippen molar-refractivity contribution in [2.24, 2.45) is 0 Å². The number of ether oxygens (including phenoxy) is 3. The van der Waals surface area contributed by atoms with Gasteiger partial charge in [0.15, 0.2) is 0 Å². The molecule has 0 aliphatic carbocycles. The summed E-state index contributed by atoms with van der Waals surface area (Å²) < 4.78 is 15.2. The lowest BCUT2D eigenvalue weighted by Crippen LogP contribution is -2.35. The summed E-state index contributed by atoms with van der Waals surface area (Å²) in [6.45, 7) is 2.18. The van der Waals surface area contributed by atoms with Crippen LogP contribution in [0.15, 0.2) is 18.2 Å². The van der Waals surface area contributed by atoms with Crippen molar-refractivity contribution in [1.29, 1.82) is 0 Å². The molecular formula is C15H24N2O4. The second-order valence-electron chi connectivity index (χ2n) is 4.55. The van der Waals surface area contributed by atoms with Crippen LogP contribution in [-0.2, 0) is 9.47 Å². The number of nitrogen functional groups attached to an aromatic ring is 1. The molecule has 0 aliphatic rings. The maximum absolute atomic E-state index is 12.6. The van der Waals surface area contributed by atoms with Crippen LogP contribution in [0, 0.1) is 0 Å². The van der Waals surface area contributed by atoms with Gasteiger partial charge in [-0.25, -0.2) is 0 Å². The van der Waals surface area contributed by atoms with Gasteiger partial charge in [-0.15, -0.1) is 0 Å². The lowest BCUT2D eigenvalue weighted by atomic mass is 10.1. The van der Waals surface area contributed by atoms with E-state index in [1.54, 1.807) is 37.3 Å². The van der Waals surface area contributed by atoms with E-state index < -0.39 is 0 Å². The Morgan fingerprint density at radius 2 is 1.86 bits per heavy atom. The fraction of sp³-hybridized carbons (Fsp3) is 0.533. The topological polar surface area (TPSA) is 74.0 Å². The largest absolute Gasteiger partial charge is 0.495 e. The molecular weight excluding hydrogens is 272 g/mol. The van der Waals surface area contributed by atoms with Crippen molar-refractivity contribution in [1.82, 2.24) is 4.90 Å². The van der Waals surface area contributed by atoms with E-state index in [0.717, 1.165) is 6.42 Å². The molecule has 0 bridgehead atoms. The van der Waals surface area contributed by atoms with E-state index in [1.807, 2.05) is 0 Å². The Morgan fingerprint density at radius 3 is 2.48 bits per heavy atom. The van der Waals surface area contributed by atoms with Crippen LogP contribution in [0.2, 0.25) is 0 Å². The van der Waals surface area contributed by atoms with Crippen LogP contribution < -0.4 is 10.5 Å². The van der Waals surface area contributed by atoms with Crippen LogP contribution >= 0.6 is 0 Å². The summed E-state index contributed by atoms with van der Waals surface area (Å²) in [6, 6.07) is 5.19. The number of carbonyl (C=O) groups is 1. The van der Waals surface area contributed by atoms with E-state index in [-0.39, 0.29) is 5.91 Å². The Balaban J connectivity index is 2.87. The van der Waals surface area contributed by atoms with Crippen molar-refractivity contribution < 1.29 is 19.0 Å². The van der Waals surface area contributed by atoms with Gasteiger partial charge in [0.25, 0.3) is 5.91 Å². The Kier molecular flexibility index (Phi) is 7.56. The number of anilines is 1. The maximum atomic E-state index is 12.6. The third-order valence-corrected chi connectivity index (χ3v) is 3.15. The van der Waals surface area contributed by atoms with Gasteiger partial charge in [0.1, 0.15) is 5.75 Å². The van der Waals surface area contributed by atoms with Gasteiger partial charge >= 0.3 is 0 Å². The summed E-state index contributed by atoms with van der Waals surface area (Å²) in [5.41, 5.74) is 6.80. The normalized spacial score (nSPS) is 10.4. The van der Waals surface area contributed by atoms with E-state index in [1.165, 1.54) is 7.11 Å². The maximum Gasteiger partial charge on any atom is 0.256 e.